The first-order valence-corrected chi connectivity index (χ1v) is 19.3. The van der Waals surface area contributed by atoms with E-state index in [0.717, 1.165) is 69.3 Å². The molecule has 288 valence electrons. The minimum absolute atomic E-state index is 0.141. The summed E-state index contributed by atoms with van der Waals surface area (Å²) in [5.41, 5.74) is 3.30. The lowest BCUT2D eigenvalue weighted by atomic mass is 9.85. The molecule has 0 radical (unpaired) electrons. The van der Waals surface area contributed by atoms with E-state index in [-0.39, 0.29) is 23.7 Å². The number of amides is 1. The first-order valence-electron chi connectivity index (χ1n) is 18.9. The van der Waals surface area contributed by atoms with Gasteiger partial charge < -0.3 is 29.6 Å². The molecule has 2 fully saturated rings. The van der Waals surface area contributed by atoms with E-state index in [4.69, 9.17) is 16.3 Å². The summed E-state index contributed by atoms with van der Waals surface area (Å²) in [4.78, 5) is 40.3. The molecule has 3 heterocycles. The molecule has 2 saturated heterocycles. The highest BCUT2D eigenvalue weighted by Crippen LogP contribution is 2.38. The molecule has 0 spiro atoms. The third-order valence-corrected chi connectivity index (χ3v) is 11.6. The van der Waals surface area contributed by atoms with Crippen molar-refractivity contribution in [2.75, 3.05) is 50.6 Å². The van der Waals surface area contributed by atoms with Crippen LogP contribution in [-0.4, -0.2) is 68.0 Å². The Morgan fingerprint density at radius 1 is 0.981 bits per heavy atom. The number of benzene rings is 3. The molecular weight excluding hydrogens is 712 g/mol. The quantitative estimate of drug-likeness (QED) is 0.128. The van der Waals surface area contributed by atoms with Gasteiger partial charge in [0.15, 0.2) is 0 Å². The predicted molar refractivity (Wildman–Crippen MR) is 211 cm³/mol. The zero-order valence-electron chi connectivity index (χ0n) is 31.3. The summed E-state index contributed by atoms with van der Waals surface area (Å²) in [6.07, 6.45) is 9.69. The number of pyridine rings is 1. The molecule has 6 rings (SSSR count). The molecule has 1 atom stereocenters. The number of nitrogens with zero attached hydrogens (tertiary/aromatic N) is 3. The van der Waals surface area contributed by atoms with Gasteiger partial charge in [0.25, 0.3) is 5.56 Å². The van der Waals surface area contributed by atoms with Gasteiger partial charge in [-0.3, -0.25) is 14.5 Å². The number of nitrogens with one attached hydrogen (secondary N) is 2. The molecule has 4 aromatic rings. The summed E-state index contributed by atoms with van der Waals surface area (Å²) in [7, 11) is 4.87. The Balaban J connectivity index is 0.976. The molecule has 0 aliphatic carbocycles. The number of halogens is 3. The third-order valence-electron chi connectivity index (χ3n) is 11.3. The lowest BCUT2D eigenvalue weighted by Crippen LogP contribution is -2.35. The minimum atomic E-state index is -0.563. The Morgan fingerprint density at radius 3 is 2.33 bits per heavy atom. The molecule has 1 unspecified atom stereocenters. The van der Waals surface area contributed by atoms with Crippen molar-refractivity contribution >= 4 is 45.9 Å². The number of likely N-dealkylation sites (tertiary alicyclic amines) is 1. The van der Waals surface area contributed by atoms with Crippen molar-refractivity contribution in [3.05, 3.63) is 87.3 Å². The fourth-order valence-corrected chi connectivity index (χ4v) is 8.28. The Hall–Kier alpha value is -4.48. The molecular formula is C42H50ClF2N5O4. The van der Waals surface area contributed by atoms with Gasteiger partial charge in [-0.2, -0.15) is 0 Å². The summed E-state index contributed by atoms with van der Waals surface area (Å²) in [5.74, 6) is 1.09. The number of fused-ring (bicyclic) bond motifs is 1. The number of hydrogen-bond acceptors (Lipinski definition) is 7. The fraction of sp³-hybridized carbons (Fsp3) is 0.452. The molecule has 9 nitrogen and oxygen atoms in total. The molecule has 0 saturated carbocycles. The average Bonchev–Trinajstić information content (AvgIpc) is 3.18. The van der Waals surface area contributed by atoms with Crippen molar-refractivity contribution in [2.24, 2.45) is 18.9 Å². The van der Waals surface area contributed by atoms with E-state index in [2.05, 4.69) is 20.4 Å². The van der Waals surface area contributed by atoms with Crippen LogP contribution in [0.4, 0.5) is 20.2 Å². The SMILES string of the molecule is CNC(=O)CCC(C=O)Nc1ccc(N2CCC(CCC3CCN(Cc4c(Cl)cc(-c5cn(C)c(=O)c6ccc(F)cc56)cc4OC)CC3)CC2)c(F)c1. The van der Waals surface area contributed by atoms with E-state index >= 15 is 4.39 Å². The van der Waals surface area contributed by atoms with Gasteiger partial charge >= 0.3 is 0 Å². The second-order valence-electron chi connectivity index (χ2n) is 14.8. The van der Waals surface area contributed by atoms with Crippen molar-refractivity contribution in [1.29, 1.82) is 0 Å². The van der Waals surface area contributed by atoms with E-state index in [0.29, 0.717) is 63.3 Å². The third kappa shape index (κ3) is 9.24. The van der Waals surface area contributed by atoms with Gasteiger partial charge in [-0.15, -0.1) is 0 Å². The molecule has 1 amide bonds. The van der Waals surface area contributed by atoms with Crippen molar-refractivity contribution in [2.45, 2.75) is 64.0 Å². The standard InChI is InChI=1S/C42H50ClF2N5O4/c1-46-41(52)11-8-32(26-51)47-31-7-10-39(38(45)23-31)50-18-14-28(15-19-50)5-4-27-12-16-49(17-13-27)25-36-37(43)20-29(21-40(36)54-3)35-24-48(2)42(53)33-9-6-30(44)22-34(33)35/h6-7,9-10,20-24,26-28,32,47H,4-5,8,11-19,25H2,1-3H3,(H,46,52). The number of piperidine rings is 2. The van der Waals surface area contributed by atoms with Crippen molar-refractivity contribution in [3.8, 4) is 16.9 Å². The number of aldehydes is 1. The topological polar surface area (TPSA) is 95.9 Å². The van der Waals surface area contributed by atoms with Crippen LogP contribution < -0.4 is 25.8 Å². The van der Waals surface area contributed by atoms with Crippen LogP contribution in [0.1, 0.15) is 56.9 Å². The Morgan fingerprint density at radius 2 is 1.69 bits per heavy atom. The number of aromatic nitrogens is 1. The second-order valence-corrected chi connectivity index (χ2v) is 15.2. The zero-order valence-corrected chi connectivity index (χ0v) is 32.1. The fourth-order valence-electron chi connectivity index (χ4n) is 8.01. The highest BCUT2D eigenvalue weighted by Gasteiger charge is 2.26. The number of hydrogen-bond donors (Lipinski definition) is 2. The van der Waals surface area contributed by atoms with Crippen LogP contribution in [0.3, 0.4) is 0 Å². The molecule has 2 N–H and O–H groups in total. The molecule has 2 aliphatic rings. The van der Waals surface area contributed by atoms with Gasteiger partial charge in [0.2, 0.25) is 5.91 Å². The Kier molecular flexibility index (Phi) is 12.9. The van der Waals surface area contributed by atoms with Gasteiger partial charge in [-0.1, -0.05) is 24.4 Å². The predicted octanol–water partition coefficient (Wildman–Crippen LogP) is 7.56. The van der Waals surface area contributed by atoms with Gasteiger partial charge in [0.05, 0.1) is 18.8 Å². The summed E-state index contributed by atoms with van der Waals surface area (Å²) in [6, 6.07) is 12.5. The summed E-state index contributed by atoms with van der Waals surface area (Å²) >= 11 is 6.91. The smallest absolute Gasteiger partial charge is 0.258 e. The second kappa shape index (κ2) is 17.8. The average molecular weight is 762 g/mol. The minimum Gasteiger partial charge on any atom is -0.496 e. The number of ether oxygens (including phenoxy) is 1. The Bertz CT molecular complexity index is 2020. The van der Waals surface area contributed by atoms with Crippen LogP contribution in [0.2, 0.25) is 5.02 Å². The molecule has 3 aromatic carbocycles. The molecule has 54 heavy (non-hydrogen) atoms. The summed E-state index contributed by atoms with van der Waals surface area (Å²) in [6.45, 7) is 4.24. The Labute approximate surface area is 320 Å². The van der Waals surface area contributed by atoms with Gasteiger partial charge in [0, 0.05) is 73.6 Å². The maximum Gasteiger partial charge on any atom is 0.258 e. The highest BCUT2D eigenvalue weighted by molar-refractivity contribution is 6.32. The van der Waals surface area contributed by atoms with Crippen LogP contribution in [0.5, 0.6) is 5.75 Å². The normalized spacial score (nSPS) is 16.4. The van der Waals surface area contributed by atoms with Crippen LogP contribution in [0.25, 0.3) is 21.9 Å². The lowest BCUT2D eigenvalue weighted by molar-refractivity contribution is -0.120. The van der Waals surface area contributed by atoms with Crippen LogP contribution in [-0.2, 0) is 23.2 Å². The van der Waals surface area contributed by atoms with E-state index in [1.165, 1.54) is 41.7 Å². The summed E-state index contributed by atoms with van der Waals surface area (Å²) < 4.78 is 36.8. The van der Waals surface area contributed by atoms with Crippen LogP contribution in [0.15, 0.2) is 59.5 Å². The van der Waals surface area contributed by atoms with Gasteiger partial charge in [0.1, 0.15) is 23.7 Å². The van der Waals surface area contributed by atoms with Crippen LogP contribution >= 0.6 is 11.6 Å². The van der Waals surface area contributed by atoms with Crippen molar-refractivity contribution in [3.63, 3.8) is 0 Å². The maximum absolute atomic E-state index is 15.2. The van der Waals surface area contributed by atoms with Crippen LogP contribution in [0, 0.1) is 23.5 Å². The highest BCUT2D eigenvalue weighted by atomic mass is 35.5. The van der Waals surface area contributed by atoms with Crippen molar-refractivity contribution < 1.29 is 23.1 Å². The van der Waals surface area contributed by atoms with E-state index in [1.54, 1.807) is 39.5 Å². The number of carbonyl (C=O) groups excluding carboxylic acids is 2. The monoisotopic (exact) mass is 761 g/mol. The summed E-state index contributed by atoms with van der Waals surface area (Å²) in [5, 5.41) is 7.13. The molecule has 12 heteroatoms. The number of rotatable bonds is 14. The van der Waals surface area contributed by atoms with Gasteiger partial charge in [-0.25, -0.2) is 8.78 Å². The first-order chi connectivity index (χ1) is 26.1. The molecule has 2 aliphatic heterocycles. The molecule has 1 aromatic heterocycles. The number of methoxy groups -OCH3 is 1. The lowest BCUT2D eigenvalue weighted by Gasteiger charge is -2.36. The number of carbonyl (C=O) groups is 2. The number of aryl methyl sites for hydroxylation is 1. The van der Waals surface area contributed by atoms with E-state index in [9.17, 15) is 18.8 Å². The van der Waals surface area contributed by atoms with Gasteiger partial charge in [-0.05, 0) is 117 Å². The first kappa shape index (κ1) is 39.2. The zero-order chi connectivity index (χ0) is 38.4. The molecule has 0 bridgehead atoms. The number of anilines is 2. The van der Waals surface area contributed by atoms with Crippen molar-refractivity contribution in [1.82, 2.24) is 14.8 Å². The largest absolute Gasteiger partial charge is 0.496 e. The van der Waals surface area contributed by atoms with E-state index < -0.39 is 11.9 Å². The van der Waals surface area contributed by atoms with E-state index in [1.807, 2.05) is 12.1 Å². The maximum atomic E-state index is 15.2.